The molecule has 1 N–H and O–H groups in total. The lowest BCUT2D eigenvalue weighted by Gasteiger charge is -2.17. The summed E-state index contributed by atoms with van der Waals surface area (Å²) in [5.74, 6) is -0.311. The van der Waals surface area contributed by atoms with Gasteiger partial charge >= 0.3 is 0 Å². The van der Waals surface area contributed by atoms with Crippen LogP contribution in [-0.2, 0) is 0 Å². The van der Waals surface area contributed by atoms with Crippen LogP contribution in [0.1, 0.15) is 18.5 Å². The molecular formula is C14H11BrCl2FN. The van der Waals surface area contributed by atoms with Crippen molar-refractivity contribution in [2.45, 2.75) is 13.0 Å². The van der Waals surface area contributed by atoms with Gasteiger partial charge in [0.2, 0.25) is 0 Å². The van der Waals surface area contributed by atoms with E-state index in [4.69, 9.17) is 23.2 Å². The van der Waals surface area contributed by atoms with Crippen LogP contribution in [0.5, 0.6) is 0 Å². The molecule has 0 bridgehead atoms. The predicted octanol–water partition coefficient (Wildman–Crippen LogP) is 6.07. The summed E-state index contributed by atoms with van der Waals surface area (Å²) in [6.07, 6.45) is 0. The number of rotatable bonds is 3. The molecule has 0 spiro atoms. The molecule has 19 heavy (non-hydrogen) atoms. The summed E-state index contributed by atoms with van der Waals surface area (Å²) >= 11 is 15.3. The smallest absolute Gasteiger partial charge is 0.139 e. The maximum atomic E-state index is 13.4. The minimum atomic E-state index is -0.311. The second-order valence-electron chi connectivity index (χ2n) is 4.14. The van der Waals surface area contributed by atoms with Crippen LogP contribution < -0.4 is 5.32 Å². The maximum Gasteiger partial charge on any atom is 0.139 e. The number of nitrogens with one attached hydrogen (secondary N) is 1. The first-order valence-electron chi connectivity index (χ1n) is 5.64. The van der Waals surface area contributed by atoms with E-state index in [1.54, 1.807) is 18.2 Å². The van der Waals surface area contributed by atoms with Crippen LogP contribution in [0.25, 0.3) is 0 Å². The van der Waals surface area contributed by atoms with Crippen LogP contribution >= 0.6 is 39.1 Å². The van der Waals surface area contributed by atoms with Gasteiger partial charge in [0.1, 0.15) is 5.82 Å². The molecule has 2 rings (SSSR count). The summed E-state index contributed by atoms with van der Waals surface area (Å²) in [7, 11) is 0. The number of hydrogen-bond acceptors (Lipinski definition) is 1. The van der Waals surface area contributed by atoms with E-state index in [1.807, 2.05) is 19.1 Å². The molecule has 2 aromatic rings. The summed E-state index contributed by atoms with van der Waals surface area (Å²) in [5, 5.41) is 4.21. The minimum absolute atomic E-state index is 0.0771. The summed E-state index contributed by atoms with van der Waals surface area (Å²) in [6, 6.07) is 10.3. The normalized spacial score (nSPS) is 12.3. The summed E-state index contributed by atoms with van der Waals surface area (Å²) in [5.41, 5.74) is 1.56. The number of benzene rings is 2. The van der Waals surface area contributed by atoms with Gasteiger partial charge in [-0.15, -0.1) is 0 Å². The Morgan fingerprint density at radius 3 is 2.63 bits per heavy atom. The molecule has 0 saturated carbocycles. The van der Waals surface area contributed by atoms with Crippen LogP contribution in [0.15, 0.2) is 40.9 Å². The third-order valence-corrected chi connectivity index (χ3v) is 4.23. The lowest BCUT2D eigenvalue weighted by molar-refractivity contribution is 0.621. The van der Waals surface area contributed by atoms with Gasteiger partial charge in [0.25, 0.3) is 0 Å². The average molecular weight is 363 g/mol. The molecule has 0 aliphatic carbocycles. The van der Waals surface area contributed by atoms with Crippen molar-refractivity contribution in [3.05, 3.63) is 62.3 Å². The predicted molar refractivity (Wildman–Crippen MR) is 82.6 cm³/mol. The van der Waals surface area contributed by atoms with E-state index in [0.717, 1.165) is 5.56 Å². The molecule has 0 aliphatic heterocycles. The molecule has 0 aliphatic rings. The first-order valence-corrected chi connectivity index (χ1v) is 7.19. The zero-order valence-electron chi connectivity index (χ0n) is 10.1. The zero-order chi connectivity index (χ0) is 14.0. The molecule has 0 aromatic heterocycles. The standard InChI is InChI=1S/C14H11BrCl2FN/c1-8(10-3-2-4-12(16)14(10)17)19-9-5-6-11(15)13(18)7-9/h2-8,19H,1H3. The Morgan fingerprint density at radius 2 is 1.95 bits per heavy atom. The van der Waals surface area contributed by atoms with Crippen molar-refractivity contribution in [2.75, 3.05) is 5.32 Å². The first kappa shape index (κ1) is 14.6. The molecule has 100 valence electrons. The van der Waals surface area contributed by atoms with E-state index < -0.39 is 0 Å². The van der Waals surface area contributed by atoms with E-state index in [2.05, 4.69) is 21.2 Å². The van der Waals surface area contributed by atoms with Gasteiger partial charge in [-0.2, -0.15) is 0 Å². The van der Waals surface area contributed by atoms with E-state index in [0.29, 0.717) is 20.2 Å². The Morgan fingerprint density at radius 1 is 1.21 bits per heavy atom. The van der Waals surface area contributed by atoms with Gasteiger partial charge in [-0.05, 0) is 52.7 Å². The quantitative estimate of drug-likeness (QED) is 0.698. The van der Waals surface area contributed by atoms with Gasteiger partial charge in [0.15, 0.2) is 0 Å². The Balaban J connectivity index is 2.23. The molecule has 1 atom stereocenters. The summed E-state index contributed by atoms with van der Waals surface area (Å²) < 4.78 is 13.9. The van der Waals surface area contributed by atoms with Crippen LogP contribution in [0.3, 0.4) is 0 Å². The number of anilines is 1. The molecule has 5 heteroatoms. The Hall–Kier alpha value is -0.770. The van der Waals surface area contributed by atoms with Crippen molar-refractivity contribution >= 4 is 44.8 Å². The maximum absolute atomic E-state index is 13.4. The van der Waals surface area contributed by atoms with Crippen molar-refractivity contribution in [1.29, 1.82) is 0 Å². The fraction of sp³-hybridized carbons (Fsp3) is 0.143. The lowest BCUT2D eigenvalue weighted by Crippen LogP contribution is -2.07. The average Bonchev–Trinajstić information content (AvgIpc) is 2.37. The van der Waals surface area contributed by atoms with Crippen molar-refractivity contribution in [1.82, 2.24) is 0 Å². The molecule has 0 heterocycles. The highest BCUT2D eigenvalue weighted by Gasteiger charge is 2.12. The van der Waals surface area contributed by atoms with E-state index in [9.17, 15) is 4.39 Å². The largest absolute Gasteiger partial charge is 0.378 e. The topological polar surface area (TPSA) is 12.0 Å². The highest BCUT2D eigenvalue weighted by atomic mass is 79.9. The molecule has 2 aromatic carbocycles. The summed E-state index contributed by atoms with van der Waals surface area (Å²) in [4.78, 5) is 0. The van der Waals surface area contributed by atoms with E-state index in [1.165, 1.54) is 6.07 Å². The van der Waals surface area contributed by atoms with Gasteiger partial charge in [-0.1, -0.05) is 35.3 Å². The van der Waals surface area contributed by atoms with Crippen LogP contribution in [0.2, 0.25) is 10.0 Å². The Labute approximate surface area is 129 Å². The SMILES string of the molecule is CC(Nc1ccc(Br)c(F)c1)c1cccc(Cl)c1Cl. The monoisotopic (exact) mass is 361 g/mol. The van der Waals surface area contributed by atoms with Gasteiger partial charge in [-0.25, -0.2) is 4.39 Å². The zero-order valence-corrected chi connectivity index (χ0v) is 13.2. The summed E-state index contributed by atoms with van der Waals surface area (Å²) in [6.45, 7) is 1.94. The second kappa shape index (κ2) is 6.12. The number of halogens is 4. The Kier molecular flexibility index (Phi) is 4.71. The van der Waals surface area contributed by atoms with E-state index in [-0.39, 0.29) is 11.9 Å². The Bertz CT molecular complexity index is 604. The molecular weight excluding hydrogens is 352 g/mol. The van der Waals surface area contributed by atoms with Crippen LogP contribution in [0, 0.1) is 5.82 Å². The van der Waals surface area contributed by atoms with Crippen LogP contribution in [-0.4, -0.2) is 0 Å². The minimum Gasteiger partial charge on any atom is -0.378 e. The molecule has 0 fully saturated rings. The van der Waals surface area contributed by atoms with E-state index >= 15 is 0 Å². The second-order valence-corrected chi connectivity index (χ2v) is 5.78. The fourth-order valence-corrected chi connectivity index (χ4v) is 2.49. The highest BCUT2D eigenvalue weighted by molar-refractivity contribution is 9.10. The third-order valence-electron chi connectivity index (χ3n) is 2.75. The molecule has 1 nitrogen and oxygen atoms in total. The molecule has 0 saturated heterocycles. The van der Waals surface area contributed by atoms with Crippen molar-refractivity contribution in [2.24, 2.45) is 0 Å². The number of hydrogen-bond donors (Lipinski definition) is 1. The van der Waals surface area contributed by atoms with Gasteiger partial charge in [0.05, 0.1) is 20.6 Å². The van der Waals surface area contributed by atoms with Gasteiger partial charge in [-0.3, -0.25) is 0 Å². The van der Waals surface area contributed by atoms with Crippen molar-refractivity contribution in [3.8, 4) is 0 Å². The first-order chi connectivity index (χ1) is 8.99. The molecule has 0 radical (unpaired) electrons. The molecule has 1 unspecified atom stereocenters. The highest BCUT2D eigenvalue weighted by Crippen LogP contribution is 2.31. The van der Waals surface area contributed by atoms with Gasteiger partial charge in [0, 0.05) is 5.69 Å². The third kappa shape index (κ3) is 3.41. The van der Waals surface area contributed by atoms with Crippen molar-refractivity contribution < 1.29 is 4.39 Å². The molecule has 0 amide bonds. The van der Waals surface area contributed by atoms with Gasteiger partial charge < -0.3 is 5.32 Å². The lowest BCUT2D eigenvalue weighted by atomic mass is 10.1. The van der Waals surface area contributed by atoms with Crippen molar-refractivity contribution in [3.63, 3.8) is 0 Å². The fourth-order valence-electron chi connectivity index (χ4n) is 1.77. The van der Waals surface area contributed by atoms with Crippen LogP contribution in [0.4, 0.5) is 10.1 Å².